The van der Waals surface area contributed by atoms with Crippen LogP contribution in [-0.4, -0.2) is 52.5 Å². The number of nitrogens with zero attached hydrogens (tertiary/aromatic N) is 2. The van der Waals surface area contributed by atoms with Crippen molar-refractivity contribution < 1.29 is 30.4 Å². The standard InChI is InChI=1S/C24H28FN3O6S2/c1-35(30,31)12-4-3-11-28(36(2,32)33)23-18(16-7-8-16)14-19-21(22(26)29)20(34-24(19)27-23)13-15-5-9-17(25)10-6-15/h5-6,9-10,14,16H,3-4,7-8,11-13H2,1-2H3,(H2,26,29). The molecule has 2 N–H and O–H groups in total. The van der Waals surface area contributed by atoms with Crippen LogP contribution in [0, 0.1) is 5.82 Å². The van der Waals surface area contributed by atoms with Crippen LogP contribution in [0.5, 0.6) is 0 Å². The summed E-state index contributed by atoms with van der Waals surface area (Å²) in [5, 5.41) is 0.399. The number of sulfone groups is 1. The van der Waals surface area contributed by atoms with Gasteiger partial charge in [0.05, 0.1) is 17.2 Å². The molecule has 1 amide bonds. The minimum Gasteiger partial charge on any atom is -0.441 e. The summed E-state index contributed by atoms with van der Waals surface area (Å²) in [7, 11) is -6.91. The number of benzene rings is 1. The van der Waals surface area contributed by atoms with E-state index in [1.54, 1.807) is 18.2 Å². The lowest BCUT2D eigenvalue weighted by atomic mass is 10.0. The number of nitrogens with two attached hydrogens (primary N) is 1. The average Bonchev–Trinajstić information content (AvgIpc) is 3.54. The molecule has 0 saturated heterocycles. The molecule has 1 saturated carbocycles. The summed E-state index contributed by atoms with van der Waals surface area (Å²) < 4.78 is 68.8. The first kappa shape index (κ1) is 26.1. The van der Waals surface area contributed by atoms with E-state index in [2.05, 4.69) is 4.98 Å². The van der Waals surface area contributed by atoms with Crippen LogP contribution < -0.4 is 10.0 Å². The molecule has 0 unspecified atom stereocenters. The summed E-state index contributed by atoms with van der Waals surface area (Å²) in [4.78, 5) is 16.9. The van der Waals surface area contributed by atoms with E-state index in [1.807, 2.05) is 0 Å². The minimum atomic E-state index is -3.75. The number of fused-ring (bicyclic) bond motifs is 1. The van der Waals surface area contributed by atoms with Gasteiger partial charge in [0, 0.05) is 25.0 Å². The van der Waals surface area contributed by atoms with E-state index in [1.165, 1.54) is 16.4 Å². The first-order chi connectivity index (χ1) is 16.8. The lowest BCUT2D eigenvalue weighted by Gasteiger charge is -2.23. The van der Waals surface area contributed by atoms with E-state index in [0.717, 1.165) is 25.4 Å². The Kier molecular flexibility index (Phi) is 7.11. The molecule has 9 nitrogen and oxygen atoms in total. The monoisotopic (exact) mass is 537 g/mol. The zero-order chi connectivity index (χ0) is 26.3. The van der Waals surface area contributed by atoms with Crippen LogP contribution in [0.15, 0.2) is 34.7 Å². The Bertz CT molecular complexity index is 1510. The lowest BCUT2D eigenvalue weighted by Crippen LogP contribution is -2.32. The molecule has 194 valence electrons. The van der Waals surface area contributed by atoms with Gasteiger partial charge in [-0.1, -0.05) is 12.1 Å². The fourth-order valence-corrected chi connectivity index (χ4v) is 5.85. The number of carbonyl (C=O) groups excluding carboxylic acids is 1. The van der Waals surface area contributed by atoms with Gasteiger partial charge in [0.15, 0.2) is 0 Å². The predicted molar refractivity (Wildman–Crippen MR) is 135 cm³/mol. The molecule has 0 bridgehead atoms. The van der Waals surface area contributed by atoms with Crippen LogP contribution in [0.4, 0.5) is 10.2 Å². The highest BCUT2D eigenvalue weighted by Gasteiger charge is 2.33. The Hall–Kier alpha value is -2.99. The van der Waals surface area contributed by atoms with E-state index in [4.69, 9.17) is 10.2 Å². The lowest BCUT2D eigenvalue weighted by molar-refractivity contribution is 0.1000. The Morgan fingerprint density at radius 1 is 1.14 bits per heavy atom. The van der Waals surface area contributed by atoms with Crippen LogP contribution in [-0.2, 0) is 26.3 Å². The van der Waals surface area contributed by atoms with Crippen molar-refractivity contribution in [3.05, 3.63) is 58.6 Å². The fraction of sp³-hybridized carbons (Fsp3) is 0.417. The SMILES string of the molecule is CS(=O)(=O)CCCCN(c1nc2oc(Cc3ccc(F)cc3)c(C(N)=O)c2cc1C1CC1)S(C)(=O)=O. The van der Waals surface area contributed by atoms with E-state index < -0.39 is 31.6 Å². The molecular formula is C24H28FN3O6S2. The first-order valence-corrected chi connectivity index (χ1v) is 15.4. The molecule has 1 aliphatic carbocycles. The number of rotatable bonds is 11. The van der Waals surface area contributed by atoms with Gasteiger partial charge in [-0.2, -0.15) is 4.98 Å². The maximum absolute atomic E-state index is 13.3. The number of anilines is 1. The van der Waals surface area contributed by atoms with E-state index in [9.17, 15) is 26.0 Å². The van der Waals surface area contributed by atoms with E-state index in [0.29, 0.717) is 29.4 Å². The van der Waals surface area contributed by atoms with Gasteiger partial charge in [-0.15, -0.1) is 0 Å². The molecule has 4 rings (SSSR count). The third-order valence-corrected chi connectivity index (χ3v) is 8.25. The third kappa shape index (κ3) is 6.04. The van der Waals surface area contributed by atoms with Crippen molar-refractivity contribution in [2.75, 3.05) is 29.1 Å². The summed E-state index contributed by atoms with van der Waals surface area (Å²) in [6, 6.07) is 7.48. The van der Waals surface area contributed by atoms with Crippen molar-refractivity contribution in [2.24, 2.45) is 5.73 Å². The summed E-state index contributed by atoms with van der Waals surface area (Å²) in [6.07, 6.45) is 4.70. The number of hydrogen-bond donors (Lipinski definition) is 1. The molecule has 12 heteroatoms. The molecule has 36 heavy (non-hydrogen) atoms. The zero-order valence-electron chi connectivity index (χ0n) is 20.0. The Morgan fingerprint density at radius 2 is 1.81 bits per heavy atom. The normalized spacial score (nSPS) is 14.3. The van der Waals surface area contributed by atoms with Crippen LogP contribution in [0.2, 0.25) is 0 Å². The second-order valence-electron chi connectivity index (χ2n) is 9.27. The predicted octanol–water partition coefficient (Wildman–Crippen LogP) is 3.12. The molecule has 3 aromatic rings. The number of carbonyl (C=O) groups is 1. The quantitative estimate of drug-likeness (QED) is 0.371. The van der Waals surface area contributed by atoms with Gasteiger partial charge < -0.3 is 10.2 Å². The number of aromatic nitrogens is 1. The van der Waals surface area contributed by atoms with Gasteiger partial charge in [-0.05, 0) is 60.9 Å². The van der Waals surface area contributed by atoms with Gasteiger partial charge in [0.2, 0.25) is 15.7 Å². The highest BCUT2D eigenvalue weighted by molar-refractivity contribution is 7.92. The van der Waals surface area contributed by atoms with Gasteiger partial charge in [0.25, 0.3) is 5.91 Å². The second-order valence-corrected chi connectivity index (χ2v) is 13.4. The van der Waals surface area contributed by atoms with Crippen molar-refractivity contribution in [3.63, 3.8) is 0 Å². The van der Waals surface area contributed by atoms with Crippen molar-refractivity contribution in [1.82, 2.24) is 4.98 Å². The molecular weight excluding hydrogens is 509 g/mol. The molecule has 2 aromatic heterocycles. The molecule has 0 radical (unpaired) electrons. The van der Waals surface area contributed by atoms with Crippen LogP contribution in [0.3, 0.4) is 0 Å². The Morgan fingerprint density at radius 3 is 2.36 bits per heavy atom. The largest absolute Gasteiger partial charge is 0.441 e. The molecule has 1 fully saturated rings. The highest BCUT2D eigenvalue weighted by atomic mass is 32.2. The van der Waals surface area contributed by atoms with Gasteiger partial charge in [-0.25, -0.2) is 21.2 Å². The first-order valence-electron chi connectivity index (χ1n) is 11.5. The minimum absolute atomic E-state index is 0.0422. The maximum Gasteiger partial charge on any atom is 0.252 e. The van der Waals surface area contributed by atoms with Crippen LogP contribution in [0.25, 0.3) is 11.1 Å². The van der Waals surface area contributed by atoms with Crippen molar-refractivity contribution >= 4 is 42.7 Å². The summed E-state index contributed by atoms with van der Waals surface area (Å²) in [6.45, 7) is 0.0540. The topological polar surface area (TPSA) is 141 Å². The number of unbranched alkanes of at least 4 members (excludes halogenated alkanes) is 1. The number of halogens is 1. The number of sulfonamides is 1. The highest BCUT2D eigenvalue weighted by Crippen LogP contribution is 2.46. The van der Waals surface area contributed by atoms with Crippen molar-refractivity contribution in [3.8, 4) is 0 Å². The Labute approximate surface area is 209 Å². The summed E-state index contributed by atoms with van der Waals surface area (Å²) >= 11 is 0. The van der Waals surface area contributed by atoms with Gasteiger partial charge in [-0.3, -0.25) is 9.10 Å². The molecule has 2 heterocycles. The number of furan rings is 1. The number of amides is 1. The van der Waals surface area contributed by atoms with E-state index in [-0.39, 0.29) is 47.5 Å². The number of pyridine rings is 1. The van der Waals surface area contributed by atoms with Crippen molar-refractivity contribution in [1.29, 1.82) is 0 Å². The number of hydrogen-bond acceptors (Lipinski definition) is 7. The number of primary amides is 1. The molecule has 1 aromatic carbocycles. The summed E-state index contributed by atoms with van der Waals surface area (Å²) in [5.74, 6) is -0.591. The van der Waals surface area contributed by atoms with E-state index >= 15 is 0 Å². The Balaban J connectivity index is 1.77. The molecule has 0 aliphatic heterocycles. The molecule has 1 aliphatic rings. The van der Waals surface area contributed by atoms with Gasteiger partial charge in [0.1, 0.15) is 27.2 Å². The maximum atomic E-state index is 13.3. The molecule has 0 spiro atoms. The zero-order valence-corrected chi connectivity index (χ0v) is 21.7. The summed E-state index contributed by atoms with van der Waals surface area (Å²) in [5.41, 5.74) is 7.29. The third-order valence-electron chi connectivity index (χ3n) is 6.07. The van der Waals surface area contributed by atoms with Gasteiger partial charge >= 0.3 is 0 Å². The molecule has 0 atom stereocenters. The smallest absolute Gasteiger partial charge is 0.252 e. The average molecular weight is 538 g/mol. The second kappa shape index (κ2) is 9.81. The van der Waals surface area contributed by atoms with Crippen molar-refractivity contribution in [2.45, 2.75) is 38.0 Å². The fourth-order valence-electron chi connectivity index (χ4n) is 4.20. The van der Waals surface area contributed by atoms with Crippen LogP contribution >= 0.6 is 0 Å². The van der Waals surface area contributed by atoms with Crippen LogP contribution in [0.1, 0.15) is 58.8 Å².